The lowest BCUT2D eigenvalue weighted by Gasteiger charge is -2.29. The number of ether oxygens (including phenoxy) is 1. The van der Waals surface area contributed by atoms with Crippen LogP contribution in [0.25, 0.3) is 0 Å². The van der Waals surface area contributed by atoms with E-state index in [1.165, 1.54) is 13.2 Å². The second kappa shape index (κ2) is 8.39. The molecule has 2 amide bonds. The molecule has 144 valence electrons. The van der Waals surface area contributed by atoms with Crippen molar-refractivity contribution >= 4 is 23.4 Å². The van der Waals surface area contributed by atoms with Gasteiger partial charge in [0.05, 0.1) is 19.2 Å². The normalized spacial score (nSPS) is 14.9. The number of halogens is 1. The predicted octanol–water partition coefficient (Wildman–Crippen LogP) is 2.39. The maximum atomic E-state index is 12.4. The molecule has 0 radical (unpaired) electrons. The summed E-state index contributed by atoms with van der Waals surface area (Å²) in [5.74, 6) is 1.27. The molecule has 27 heavy (non-hydrogen) atoms. The van der Waals surface area contributed by atoms with E-state index in [0.717, 1.165) is 12.8 Å². The van der Waals surface area contributed by atoms with Crippen molar-refractivity contribution in [1.29, 1.82) is 0 Å². The van der Waals surface area contributed by atoms with Crippen LogP contribution >= 0.6 is 11.6 Å². The minimum absolute atomic E-state index is 0.0846. The molecule has 0 bridgehead atoms. The van der Waals surface area contributed by atoms with Crippen molar-refractivity contribution in [3.63, 3.8) is 0 Å². The number of benzene rings is 1. The molecule has 8 nitrogen and oxygen atoms in total. The highest BCUT2D eigenvalue weighted by Crippen LogP contribution is 2.26. The predicted molar refractivity (Wildman–Crippen MR) is 97.7 cm³/mol. The molecular formula is C18H21ClN4O4. The summed E-state index contributed by atoms with van der Waals surface area (Å²) >= 11 is 5.95. The molecule has 3 rings (SSSR count). The van der Waals surface area contributed by atoms with Crippen LogP contribution in [0, 0.1) is 0 Å². The SMILES string of the molecule is COc1ccc(Cl)cc1C(=O)NCc1nc(C2CCN(C(C)=O)CC2)no1. The van der Waals surface area contributed by atoms with Crippen molar-refractivity contribution in [1.82, 2.24) is 20.4 Å². The van der Waals surface area contributed by atoms with Gasteiger partial charge in [-0.2, -0.15) is 4.98 Å². The van der Waals surface area contributed by atoms with Gasteiger partial charge in [0.2, 0.25) is 11.8 Å². The number of hydrogen-bond donors (Lipinski definition) is 1. The van der Waals surface area contributed by atoms with Crippen molar-refractivity contribution in [2.75, 3.05) is 20.2 Å². The second-order valence-electron chi connectivity index (χ2n) is 6.35. The lowest BCUT2D eigenvalue weighted by atomic mass is 9.96. The molecule has 2 heterocycles. The van der Waals surface area contributed by atoms with E-state index >= 15 is 0 Å². The number of carbonyl (C=O) groups is 2. The van der Waals surface area contributed by atoms with Gasteiger partial charge in [0.15, 0.2) is 5.82 Å². The first-order valence-corrected chi connectivity index (χ1v) is 9.05. The van der Waals surface area contributed by atoms with Crippen molar-refractivity contribution < 1.29 is 18.8 Å². The standard InChI is InChI=1S/C18H21ClN4O4/c1-11(24)23-7-5-12(6-8-23)17-21-16(27-22-17)10-20-18(25)14-9-13(19)3-4-15(14)26-2/h3-4,9,12H,5-8,10H2,1-2H3,(H,20,25). The van der Waals surface area contributed by atoms with Crippen LogP contribution in [-0.4, -0.2) is 47.1 Å². The molecule has 1 aromatic carbocycles. The molecule has 1 fully saturated rings. The fourth-order valence-corrected chi connectivity index (χ4v) is 3.24. The summed E-state index contributed by atoms with van der Waals surface area (Å²) in [7, 11) is 1.49. The molecule has 0 aliphatic carbocycles. The number of hydrogen-bond acceptors (Lipinski definition) is 6. The van der Waals surface area contributed by atoms with Crippen LogP contribution in [0.3, 0.4) is 0 Å². The molecule has 1 aliphatic heterocycles. The average molecular weight is 393 g/mol. The molecule has 9 heteroatoms. The fraction of sp³-hybridized carbons (Fsp3) is 0.444. The first-order valence-electron chi connectivity index (χ1n) is 8.67. The van der Waals surface area contributed by atoms with Crippen molar-refractivity contribution in [3.05, 3.63) is 40.5 Å². The summed E-state index contributed by atoms with van der Waals surface area (Å²) in [5, 5.41) is 7.19. The van der Waals surface area contributed by atoms with Gasteiger partial charge in [-0.05, 0) is 31.0 Å². The molecule has 1 aromatic heterocycles. The molecule has 1 N–H and O–H groups in total. The minimum atomic E-state index is -0.344. The van der Waals surface area contributed by atoms with E-state index in [0.29, 0.717) is 41.1 Å². The zero-order chi connectivity index (χ0) is 19.4. The highest BCUT2D eigenvalue weighted by atomic mass is 35.5. The van der Waals surface area contributed by atoms with Gasteiger partial charge >= 0.3 is 0 Å². The third kappa shape index (κ3) is 4.57. The molecule has 0 atom stereocenters. The Morgan fingerprint density at radius 1 is 1.37 bits per heavy atom. The molecule has 1 saturated heterocycles. The highest BCUT2D eigenvalue weighted by molar-refractivity contribution is 6.31. The van der Waals surface area contributed by atoms with Gasteiger partial charge in [-0.1, -0.05) is 16.8 Å². The number of piperidine rings is 1. The lowest BCUT2D eigenvalue weighted by Crippen LogP contribution is -2.36. The fourth-order valence-electron chi connectivity index (χ4n) is 3.07. The average Bonchev–Trinajstić information content (AvgIpc) is 3.15. The van der Waals surface area contributed by atoms with Crippen LogP contribution in [0.2, 0.25) is 5.02 Å². The van der Waals surface area contributed by atoms with E-state index in [1.807, 2.05) is 4.90 Å². The van der Waals surface area contributed by atoms with Crippen molar-refractivity contribution in [2.24, 2.45) is 0 Å². The summed E-state index contributed by atoms with van der Waals surface area (Å²) < 4.78 is 10.4. The van der Waals surface area contributed by atoms with Gasteiger partial charge in [0.25, 0.3) is 5.91 Å². The van der Waals surface area contributed by atoms with Gasteiger partial charge in [0, 0.05) is 31.0 Å². The Kier molecular flexibility index (Phi) is 5.95. The Labute approximate surface area is 161 Å². The summed E-state index contributed by atoms with van der Waals surface area (Å²) in [4.78, 5) is 30.0. The Morgan fingerprint density at radius 3 is 2.78 bits per heavy atom. The quantitative estimate of drug-likeness (QED) is 0.839. The lowest BCUT2D eigenvalue weighted by molar-refractivity contribution is -0.129. The maximum Gasteiger partial charge on any atom is 0.255 e. The van der Waals surface area contributed by atoms with E-state index < -0.39 is 0 Å². The van der Waals surface area contributed by atoms with Gasteiger partial charge in [-0.3, -0.25) is 9.59 Å². The van der Waals surface area contributed by atoms with Gasteiger partial charge in [-0.15, -0.1) is 0 Å². The second-order valence-corrected chi connectivity index (χ2v) is 6.79. The number of rotatable bonds is 5. The third-order valence-electron chi connectivity index (χ3n) is 4.60. The van der Waals surface area contributed by atoms with Crippen molar-refractivity contribution in [2.45, 2.75) is 32.2 Å². The van der Waals surface area contributed by atoms with Crippen LogP contribution < -0.4 is 10.1 Å². The molecular weight excluding hydrogens is 372 g/mol. The van der Waals surface area contributed by atoms with E-state index in [1.54, 1.807) is 19.1 Å². The molecule has 0 spiro atoms. The van der Waals surface area contributed by atoms with E-state index in [4.69, 9.17) is 20.9 Å². The van der Waals surface area contributed by atoms with Crippen LogP contribution in [0.4, 0.5) is 0 Å². The van der Waals surface area contributed by atoms with Gasteiger partial charge in [-0.25, -0.2) is 0 Å². The first-order chi connectivity index (χ1) is 13.0. The number of methoxy groups -OCH3 is 1. The summed E-state index contributed by atoms with van der Waals surface area (Å²) in [6, 6.07) is 4.83. The number of likely N-dealkylation sites (tertiary alicyclic amines) is 1. The van der Waals surface area contributed by atoms with Gasteiger partial charge < -0.3 is 19.5 Å². The van der Waals surface area contributed by atoms with Crippen LogP contribution in [0.1, 0.15) is 47.8 Å². The third-order valence-corrected chi connectivity index (χ3v) is 4.83. The van der Waals surface area contributed by atoms with E-state index in [2.05, 4.69) is 15.5 Å². The van der Waals surface area contributed by atoms with Gasteiger partial charge in [0.1, 0.15) is 5.75 Å². The number of amides is 2. The number of nitrogens with one attached hydrogen (secondary N) is 1. The number of nitrogens with zero attached hydrogens (tertiary/aromatic N) is 3. The first kappa shape index (κ1) is 19.2. The molecule has 0 saturated carbocycles. The Bertz CT molecular complexity index is 831. The largest absolute Gasteiger partial charge is 0.496 e. The van der Waals surface area contributed by atoms with Crippen LogP contribution in [0.15, 0.2) is 22.7 Å². The smallest absolute Gasteiger partial charge is 0.255 e. The maximum absolute atomic E-state index is 12.4. The molecule has 1 aliphatic rings. The zero-order valence-corrected chi connectivity index (χ0v) is 16.0. The summed E-state index contributed by atoms with van der Waals surface area (Å²) in [6.07, 6.45) is 1.59. The van der Waals surface area contributed by atoms with Crippen LogP contribution in [-0.2, 0) is 11.3 Å². The number of aromatic nitrogens is 2. The summed E-state index contributed by atoms with van der Waals surface area (Å²) in [6.45, 7) is 3.06. The Morgan fingerprint density at radius 2 is 2.11 bits per heavy atom. The summed E-state index contributed by atoms with van der Waals surface area (Å²) in [5.41, 5.74) is 0.335. The minimum Gasteiger partial charge on any atom is -0.496 e. The zero-order valence-electron chi connectivity index (χ0n) is 15.2. The van der Waals surface area contributed by atoms with E-state index in [9.17, 15) is 9.59 Å². The van der Waals surface area contributed by atoms with Crippen molar-refractivity contribution in [3.8, 4) is 5.75 Å². The topological polar surface area (TPSA) is 97.6 Å². The Balaban J connectivity index is 1.58. The van der Waals surface area contributed by atoms with Crippen LogP contribution in [0.5, 0.6) is 5.75 Å². The monoisotopic (exact) mass is 392 g/mol. The highest BCUT2D eigenvalue weighted by Gasteiger charge is 2.25. The van der Waals surface area contributed by atoms with E-state index in [-0.39, 0.29) is 24.3 Å². The molecule has 2 aromatic rings. The Hall–Kier alpha value is -2.61. The number of carbonyl (C=O) groups excluding carboxylic acids is 2. The molecule has 0 unspecified atom stereocenters.